The van der Waals surface area contributed by atoms with E-state index >= 15 is 0 Å². The average Bonchev–Trinajstić information content (AvgIpc) is 3.64. The van der Waals surface area contributed by atoms with E-state index in [-0.39, 0.29) is 0 Å². The first kappa shape index (κ1) is 20.5. The van der Waals surface area contributed by atoms with Gasteiger partial charge in [-0.05, 0) is 64.4 Å². The first-order valence-electron chi connectivity index (χ1n) is 13.5. The van der Waals surface area contributed by atoms with E-state index in [0.29, 0.717) is 0 Å². The molecular weight excluding hydrogens is 490 g/mol. The van der Waals surface area contributed by atoms with Crippen LogP contribution < -0.4 is 0 Å². The normalized spacial score (nSPS) is 12.5. The van der Waals surface area contributed by atoms with Gasteiger partial charge in [0.1, 0.15) is 16.7 Å². The molecule has 40 heavy (non-hydrogen) atoms. The predicted octanol–water partition coefficient (Wildman–Crippen LogP) is 9.50. The van der Waals surface area contributed by atoms with Crippen molar-refractivity contribution in [2.24, 2.45) is 0 Å². The summed E-state index contributed by atoms with van der Waals surface area (Å²) in [4.78, 5) is 10.1. The van der Waals surface area contributed by atoms with E-state index in [1.165, 1.54) is 32.7 Å². The maximum atomic E-state index is 6.42. The molecule has 0 bridgehead atoms. The number of furan rings is 1. The second kappa shape index (κ2) is 7.13. The molecule has 4 nitrogen and oxygen atoms in total. The Hall–Kier alpha value is -5.48. The van der Waals surface area contributed by atoms with Crippen molar-refractivity contribution in [2.75, 3.05) is 0 Å². The first-order chi connectivity index (χ1) is 19.8. The van der Waals surface area contributed by atoms with Crippen molar-refractivity contribution in [3.8, 4) is 11.1 Å². The van der Waals surface area contributed by atoms with Crippen molar-refractivity contribution in [3.63, 3.8) is 0 Å². The van der Waals surface area contributed by atoms with Crippen LogP contribution in [0.1, 0.15) is 0 Å². The van der Waals surface area contributed by atoms with Gasteiger partial charge in [0.2, 0.25) is 0 Å². The monoisotopic (exact) mass is 509 g/mol. The van der Waals surface area contributed by atoms with Crippen LogP contribution in [0.3, 0.4) is 0 Å². The van der Waals surface area contributed by atoms with Gasteiger partial charge in [0.05, 0.1) is 22.1 Å². The van der Waals surface area contributed by atoms with Gasteiger partial charge >= 0.3 is 0 Å². The van der Waals surface area contributed by atoms with Crippen molar-refractivity contribution >= 4 is 82.1 Å². The van der Waals surface area contributed by atoms with Crippen molar-refractivity contribution in [1.82, 2.24) is 14.4 Å². The van der Waals surface area contributed by atoms with Gasteiger partial charge in [-0.25, -0.2) is 9.97 Å². The largest absolute Gasteiger partial charge is 0.456 e. The zero-order chi connectivity index (χ0) is 25.9. The second-order valence-electron chi connectivity index (χ2n) is 10.7. The van der Waals surface area contributed by atoms with Crippen LogP contribution in [0.4, 0.5) is 0 Å². The lowest BCUT2D eigenvalue weighted by atomic mass is 9.99. The molecule has 0 aliphatic rings. The SMILES string of the molecule is c1ccc2cc(-c3ccc4oc5cc6c7cccc8c9nc%10ccccc%10nc9n(c6cc5c4c3)c78)ccc2c1. The lowest BCUT2D eigenvalue weighted by Crippen LogP contribution is -1.88. The van der Waals surface area contributed by atoms with E-state index in [1.54, 1.807) is 0 Å². The van der Waals surface area contributed by atoms with Crippen LogP contribution in [0.25, 0.3) is 93.2 Å². The number of aromatic nitrogens is 3. The molecule has 4 aromatic heterocycles. The van der Waals surface area contributed by atoms with Crippen LogP contribution in [-0.2, 0) is 0 Å². The summed E-state index contributed by atoms with van der Waals surface area (Å²) in [6, 6.07) is 40.7. The van der Waals surface area contributed by atoms with E-state index < -0.39 is 0 Å². The number of hydrogen-bond donors (Lipinski definition) is 0. The summed E-state index contributed by atoms with van der Waals surface area (Å²) in [6.45, 7) is 0. The van der Waals surface area contributed by atoms with Gasteiger partial charge in [0, 0.05) is 26.9 Å². The van der Waals surface area contributed by atoms with Crippen molar-refractivity contribution in [2.45, 2.75) is 0 Å². The summed E-state index contributed by atoms with van der Waals surface area (Å²) in [7, 11) is 0. The van der Waals surface area contributed by atoms with Crippen LogP contribution in [0.2, 0.25) is 0 Å². The highest BCUT2D eigenvalue weighted by atomic mass is 16.3. The Morgan fingerprint density at radius 3 is 2.17 bits per heavy atom. The predicted molar refractivity (Wildman–Crippen MR) is 164 cm³/mol. The minimum atomic E-state index is 0.893. The molecule has 0 aliphatic carbocycles. The van der Waals surface area contributed by atoms with Crippen LogP contribution in [0, 0.1) is 0 Å². The number of benzene rings is 6. The standard InChI is InChI=1S/C36H19N3O/c1-2-7-21-16-22(13-12-20(21)6-1)23-14-15-32-27(17-23)28-18-31-26(19-33(28)40-32)24-8-5-9-25-34-36(39(31)35(24)25)38-30-11-4-3-10-29(30)37-34/h1-19H. The number of hydrogen-bond acceptors (Lipinski definition) is 3. The number of fused-ring (bicyclic) bond motifs is 11. The summed E-state index contributed by atoms with van der Waals surface area (Å²) < 4.78 is 8.71. The first-order valence-corrected chi connectivity index (χ1v) is 13.5. The molecule has 0 unspecified atom stereocenters. The second-order valence-corrected chi connectivity index (χ2v) is 10.7. The molecule has 0 fully saturated rings. The van der Waals surface area contributed by atoms with Gasteiger partial charge in [-0.2, -0.15) is 0 Å². The van der Waals surface area contributed by atoms with Gasteiger partial charge in [-0.3, -0.25) is 4.40 Å². The molecule has 0 amide bonds. The van der Waals surface area contributed by atoms with E-state index in [2.05, 4.69) is 95.4 Å². The Kier molecular flexibility index (Phi) is 3.65. The van der Waals surface area contributed by atoms with Crippen LogP contribution in [0.5, 0.6) is 0 Å². The molecule has 4 heterocycles. The number of para-hydroxylation sites is 3. The fraction of sp³-hybridized carbons (Fsp3) is 0. The fourth-order valence-corrected chi connectivity index (χ4v) is 6.62. The molecular formula is C36H19N3O. The molecule has 0 atom stereocenters. The Bertz CT molecular complexity index is 2660. The topological polar surface area (TPSA) is 43.3 Å². The lowest BCUT2D eigenvalue weighted by molar-refractivity contribution is 0.669. The molecule has 4 heteroatoms. The molecule has 0 saturated carbocycles. The minimum Gasteiger partial charge on any atom is -0.456 e. The third-order valence-corrected chi connectivity index (χ3v) is 8.48. The molecule has 10 aromatic rings. The van der Waals surface area contributed by atoms with Crippen LogP contribution >= 0.6 is 0 Å². The minimum absolute atomic E-state index is 0.893. The molecule has 0 spiro atoms. The fourth-order valence-electron chi connectivity index (χ4n) is 6.62. The van der Waals surface area contributed by atoms with Crippen molar-refractivity contribution in [1.29, 1.82) is 0 Å². The highest BCUT2D eigenvalue weighted by Gasteiger charge is 2.21. The third kappa shape index (κ3) is 2.55. The number of nitrogens with zero attached hydrogens (tertiary/aromatic N) is 3. The third-order valence-electron chi connectivity index (χ3n) is 8.48. The summed E-state index contributed by atoms with van der Waals surface area (Å²) in [5.41, 5.74) is 10.1. The van der Waals surface area contributed by atoms with Crippen molar-refractivity contribution < 1.29 is 4.42 Å². The van der Waals surface area contributed by atoms with Crippen LogP contribution in [0.15, 0.2) is 120 Å². The lowest BCUT2D eigenvalue weighted by Gasteiger charge is -2.04. The summed E-state index contributed by atoms with van der Waals surface area (Å²) in [5.74, 6) is 0. The Balaban J connectivity index is 1.30. The van der Waals surface area contributed by atoms with E-state index in [4.69, 9.17) is 14.4 Å². The Morgan fingerprint density at radius 2 is 1.25 bits per heavy atom. The Labute approximate surface area is 227 Å². The molecule has 184 valence electrons. The van der Waals surface area contributed by atoms with Gasteiger partial charge < -0.3 is 4.42 Å². The van der Waals surface area contributed by atoms with Gasteiger partial charge in [0.15, 0.2) is 5.65 Å². The van der Waals surface area contributed by atoms with E-state index in [1.807, 2.05) is 24.3 Å². The van der Waals surface area contributed by atoms with Crippen molar-refractivity contribution in [3.05, 3.63) is 115 Å². The number of rotatable bonds is 1. The molecule has 0 radical (unpaired) electrons. The zero-order valence-corrected chi connectivity index (χ0v) is 21.2. The van der Waals surface area contributed by atoms with Crippen LogP contribution in [-0.4, -0.2) is 14.4 Å². The van der Waals surface area contributed by atoms with Gasteiger partial charge in [0.25, 0.3) is 0 Å². The maximum Gasteiger partial charge on any atom is 0.165 e. The smallest absolute Gasteiger partial charge is 0.165 e. The zero-order valence-electron chi connectivity index (χ0n) is 21.2. The molecule has 0 aliphatic heterocycles. The molecule has 6 aromatic carbocycles. The highest BCUT2D eigenvalue weighted by Crippen LogP contribution is 2.42. The molecule has 0 saturated heterocycles. The quantitative estimate of drug-likeness (QED) is 0.221. The maximum absolute atomic E-state index is 6.42. The summed E-state index contributed by atoms with van der Waals surface area (Å²) >= 11 is 0. The van der Waals surface area contributed by atoms with E-state index in [9.17, 15) is 0 Å². The van der Waals surface area contributed by atoms with Gasteiger partial charge in [-0.1, -0.05) is 72.8 Å². The van der Waals surface area contributed by atoms with E-state index in [0.717, 1.165) is 60.6 Å². The van der Waals surface area contributed by atoms with Gasteiger partial charge in [-0.15, -0.1) is 0 Å². The summed E-state index contributed by atoms with van der Waals surface area (Å²) in [6.07, 6.45) is 0. The average molecular weight is 510 g/mol. The molecule has 0 N–H and O–H groups in total. The highest BCUT2D eigenvalue weighted by molar-refractivity contribution is 6.25. The molecule has 10 rings (SSSR count). The summed E-state index contributed by atoms with van der Waals surface area (Å²) in [5, 5.41) is 8.19. The Morgan fingerprint density at radius 1 is 0.500 bits per heavy atom.